The highest BCUT2D eigenvalue weighted by Gasteiger charge is 2.16. The highest BCUT2D eigenvalue weighted by atomic mass is 32.2. The third kappa shape index (κ3) is 8.74. The van der Waals surface area contributed by atoms with Gasteiger partial charge in [0.1, 0.15) is 5.70 Å². The molecule has 4 aromatic carbocycles. The highest BCUT2D eigenvalue weighted by molar-refractivity contribution is 8.00. The van der Waals surface area contributed by atoms with Crippen molar-refractivity contribution in [2.75, 3.05) is 16.4 Å². The molecule has 0 saturated heterocycles. The number of hydrogen-bond donors (Lipinski definition) is 3. The monoisotopic (exact) mass is 649 g/mol. The molecule has 10 nitrogen and oxygen atoms in total. The minimum absolute atomic E-state index is 0.0615. The van der Waals surface area contributed by atoms with E-state index < -0.39 is 16.7 Å². The molecule has 0 aliphatic rings. The smallest absolute Gasteiger partial charge is 0.272 e. The lowest BCUT2D eigenvalue weighted by Gasteiger charge is -2.12. The molecule has 0 radical (unpaired) electrons. The summed E-state index contributed by atoms with van der Waals surface area (Å²) in [4.78, 5) is 54.7. The number of aromatic nitrogens is 1. The zero-order chi connectivity index (χ0) is 32.5. The fourth-order valence-electron chi connectivity index (χ4n) is 4.16. The van der Waals surface area contributed by atoms with Crippen LogP contribution in [0.3, 0.4) is 0 Å². The van der Waals surface area contributed by atoms with Gasteiger partial charge in [0, 0.05) is 39.2 Å². The van der Waals surface area contributed by atoms with E-state index in [9.17, 15) is 24.5 Å². The van der Waals surface area contributed by atoms with Crippen LogP contribution in [0.25, 0.3) is 17.3 Å². The largest absolute Gasteiger partial charge is 0.321 e. The summed E-state index contributed by atoms with van der Waals surface area (Å²) in [6, 6.07) is 29.0. The third-order valence-electron chi connectivity index (χ3n) is 6.50. The number of hydrogen-bond acceptors (Lipinski definition) is 8. The molecule has 0 saturated carbocycles. The molecule has 1 aromatic heterocycles. The van der Waals surface area contributed by atoms with Crippen molar-refractivity contribution in [2.24, 2.45) is 0 Å². The number of non-ortho nitro benzene ring substituents is 1. The molecular formula is C34H27N5O5S2. The third-order valence-corrected chi connectivity index (χ3v) is 8.25. The lowest BCUT2D eigenvalue weighted by atomic mass is 10.1. The molecule has 5 rings (SSSR count). The molecule has 0 atom stereocenters. The number of nitrogens with one attached hydrogen (secondary N) is 3. The fourth-order valence-corrected chi connectivity index (χ4v) is 5.65. The van der Waals surface area contributed by atoms with Crippen molar-refractivity contribution < 1.29 is 19.3 Å². The number of amides is 3. The van der Waals surface area contributed by atoms with Crippen LogP contribution in [0.2, 0.25) is 0 Å². The Bertz CT molecular complexity index is 1910. The number of nitrogens with zero attached hydrogens (tertiary/aromatic N) is 2. The Morgan fingerprint density at radius 1 is 0.913 bits per heavy atom. The van der Waals surface area contributed by atoms with Crippen molar-refractivity contribution in [1.82, 2.24) is 10.3 Å². The second-order valence-corrected chi connectivity index (χ2v) is 11.9. The lowest BCUT2D eigenvalue weighted by Crippen LogP contribution is -2.30. The van der Waals surface area contributed by atoms with E-state index in [1.54, 1.807) is 48.5 Å². The number of benzene rings is 4. The molecule has 12 heteroatoms. The van der Waals surface area contributed by atoms with Crippen molar-refractivity contribution in [3.63, 3.8) is 0 Å². The lowest BCUT2D eigenvalue weighted by molar-refractivity contribution is -0.384. The number of nitro benzene ring substituents is 1. The van der Waals surface area contributed by atoms with Gasteiger partial charge in [-0.1, -0.05) is 54.1 Å². The van der Waals surface area contributed by atoms with E-state index in [4.69, 9.17) is 0 Å². The molecule has 0 spiro atoms. The Kier molecular flexibility index (Phi) is 10.3. The molecule has 1 heterocycles. The number of carbonyl (C=O) groups is 3. The average molecular weight is 650 g/mol. The second-order valence-electron chi connectivity index (χ2n) is 9.95. The molecule has 46 heavy (non-hydrogen) atoms. The van der Waals surface area contributed by atoms with E-state index in [-0.39, 0.29) is 23.0 Å². The summed E-state index contributed by atoms with van der Waals surface area (Å²) in [5.74, 6) is -1.20. The van der Waals surface area contributed by atoms with E-state index >= 15 is 0 Å². The van der Waals surface area contributed by atoms with Gasteiger partial charge in [-0.25, -0.2) is 4.98 Å². The van der Waals surface area contributed by atoms with Gasteiger partial charge in [-0.3, -0.25) is 24.5 Å². The molecular weight excluding hydrogens is 623 g/mol. The number of rotatable bonds is 11. The number of nitro groups is 1. The molecule has 3 N–H and O–H groups in total. The molecule has 0 fully saturated rings. The van der Waals surface area contributed by atoms with Gasteiger partial charge in [0.15, 0.2) is 5.13 Å². The minimum atomic E-state index is -0.601. The Balaban J connectivity index is 1.23. The van der Waals surface area contributed by atoms with Gasteiger partial charge in [-0.15, -0.1) is 23.1 Å². The van der Waals surface area contributed by atoms with E-state index in [0.29, 0.717) is 21.9 Å². The zero-order valence-electron chi connectivity index (χ0n) is 24.4. The van der Waals surface area contributed by atoms with Gasteiger partial charge in [0.05, 0.1) is 16.4 Å². The van der Waals surface area contributed by atoms with Gasteiger partial charge in [0.25, 0.3) is 17.5 Å². The maximum absolute atomic E-state index is 13.4. The van der Waals surface area contributed by atoms with Crippen LogP contribution in [0.4, 0.5) is 16.5 Å². The van der Waals surface area contributed by atoms with E-state index in [1.165, 1.54) is 53.4 Å². The van der Waals surface area contributed by atoms with Crippen LogP contribution in [0.1, 0.15) is 21.5 Å². The maximum atomic E-state index is 13.4. The first-order chi connectivity index (χ1) is 22.2. The van der Waals surface area contributed by atoms with Crippen LogP contribution < -0.4 is 16.0 Å². The van der Waals surface area contributed by atoms with Crippen molar-refractivity contribution in [1.29, 1.82) is 0 Å². The Morgan fingerprint density at radius 2 is 1.65 bits per heavy atom. The van der Waals surface area contributed by atoms with Crippen LogP contribution in [0, 0.1) is 17.0 Å². The normalized spacial score (nSPS) is 11.0. The SMILES string of the molecule is Cc1ccc(-c2csc(NC(=O)CSc3cccc(NC(=O)/C(=C\c4ccc([N+](=O)[O-])cc4)NC(=O)c4ccccc4)c3)n2)cc1. The quantitative estimate of drug-likeness (QED) is 0.0596. The Labute approximate surface area is 272 Å². The topological polar surface area (TPSA) is 143 Å². The van der Waals surface area contributed by atoms with Crippen LogP contribution in [0.15, 0.2) is 119 Å². The molecule has 0 unspecified atom stereocenters. The molecule has 0 bridgehead atoms. The summed E-state index contributed by atoms with van der Waals surface area (Å²) in [5.41, 5.74) is 4.03. The van der Waals surface area contributed by atoms with Gasteiger partial charge < -0.3 is 16.0 Å². The van der Waals surface area contributed by atoms with E-state index in [0.717, 1.165) is 21.7 Å². The molecule has 5 aromatic rings. The summed E-state index contributed by atoms with van der Waals surface area (Å²) < 4.78 is 0. The van der Waals surface area contributed by atoms with Gasteiger partial charge in [0.2, 0.25) is 5.91 Å². The summed E-state index contributed by atoms with van der Waals surface area (Å²) in [6.07, 6.45) is 1.44. The van der Waals surface area contributed by atoms with Crippen molar-refractivity contribution in [3.05, 3.63) is 141 Å². The predicted octanol–water partition coefficient (Wildman–Crippen LogP) is 7.17. The van der Waals surface area contributed by atoms with Crippen molar-refractivity contribution >= 4 is 63.4 Å². The maximum Gasteiger partial charge on any atom is 0.272 e. The van der Waals surface area contributed by atoms with Gasteiger partial charge in [-0.05, 0) is 61.0 Å². The molecule has 0 aliphatic heterocycles. The predicted molar refractivity (Wildman–Crippen MR) is 182 cm³/mol. The summed E-state index contributed by atoms with van der Waals surface area (Å²) >= 11 is 2.64. The molecule has 230 valence electrons. The van der Waals surface area contributed by atoms with Crippen LogP contribution in [-0.2, 0) is 9.59 Å². The van der Waals surface area contributed by atoms with Crippen LogP contribution >= 0.6 is 23.1 Å². The first kappa shape index (κ1) is 31.8. The second kappa shape index (κ2) is 14.9. The molecule has 0 aliphatic carbocycles. The van der Waals surface area contributed by atoms with Crippen molar-refractivity contribution in [3.8, 4) is 11.3 Å². The number of aryl methyl sites for hydroxylation is 1. The van der Waals surface area contributed by atoms with E-state index in [2.05, 4.69) is 20.9 Å². The Morgan fingerprint density at radius 3 is 2.37 bits per heavy atom. The Hall–Kier alpha value is -5.59. The summed E-state index contributed by atoms with van der Waals surface area (Å²) in [6.45, 7) is 2.02. The van der Waals surface area contributed by atoms with Gasteiger partial charge >= 0.3 is 0 Å². The number of anilines is 2. The van der Waals surface area contributed by atoms with Gasteiger partial charge in [-0.2, -0.15) is 0 Å². The highest BCUT2D eigenvalue weighted by Crippen LogP contribution is 2.26. The summed E-state index contributed by atoms with van der Waals surface area (Å²) in [5, 5.41) is 21.7. The van der Waals surface area contributed by atoms with Crippen LogP contribution in [-0.4, -0.2) is 33.4 Å². The number of carbonyl (C=O) groups excluding carboxylic acids is 3. The zero-order valence-corrected chi connectivity index (χ0v) is 26.1. The first-order valence-electron chi connectivity index (χ1n) is 13.9. The molecule has 3 amide bonds. The first-order valence-corrected chi connectivity index (χ1v) is 15.8. The number of thioether (sulfide) groups is 1. The average Bonchev–Trinajstić information content (AvgIpc) is 3.53. The van der Waals surface area contributed by atoms with E-state index in [1.807, 2.05) is 42.6 Å². The fraction of sp³-hybridized carbons (Fsp3) is 0.0588. The standard InChI is InChI=1S/C34H27N5O5S2/c1-22-10-14-24(15-11-22)30-20-46-34(37-30)38-31(40)21-45-28-9-5-8-26(19-28)35-33(42)29(36-32(41)25-6-3-2-4-7-25)18-23-12-16-27(17-13-23)39(43)44/h2-20H,21H2,1H3,(H,35,42)(H,36,41)(H,37,38,40)/b29-18+. The minimum Gasteiger partial charge on any atom is -0.321 e. The van der Waals surface area contributed by atoms with Crippen LogP contribution in [0.5, 0.6) is 0 Å². The number of thiazole rings is 1. The summed E-state index contributed by atoms with van der Waals surface area (Å²) in [7, 11) is 0. The van der Waals surface area contributed by atoms with Crippen molar-refractivity contribution in [2.45, 2.75) is 11.8 Å².